The molecule has 0 radical (unpaired) electrons. The Kier molecular flexibility index (Phi) is 5.74. The van der Waals surface area contributed by atoms with Gasteiger partial charge in [0.15, 0.2) is 0 Å². The molecular formula is C20H16ClF3N2O2. The van der Waals surface area contributed by atoms with Crippen LogP contribution in [-0.4, -0.2) is 11.8 Å². The average Bonchev–Trinajstić information content (AvgIpc) is 3.45. The normalized spacial score (nSPS) is 14.1. The molecule has 28 heavy (non-hydrogen) atoms. The lowest BCUT2D eigenvalue weighted by atomic mass is 10.1. The molecule has 1 aliphatic rings. The number of anilines is 2. The van der Waals surface area contributed by atoms with Gasteiger partial charge in [0.25, 0.3) is 0 Å². The fourth-order valence-electron chi connectivity index (χ4n) is 2.48. The lowest BCUT2D eigenvalue weighted by molar-refractivity contribution is -0.137. The minimum atomic E-state index is -4.57. The van der Waals surface area contributed by atoms with Crippen molar-refractivity contribution in [1.29, 1.82) is 0 Å². The van der Waals surface area contributed by atoms with Crippen molar-refractivity contribution in [2.75, 3.05) is 10.6 Å². The molecule has 1 saturated carbocycles. The molecule has 1 fully saturated rings. The Bertz CT molecular complexity index is 937. The second kappa shape index (κ2) is 8.06. The Morgan fingerprint density at radius 1 is 1.04 bits per heavy atom. The first-order valence-corrected chi connectivity index (χ1v) is 8.87. The van der Waals surface area contributed by atoms with Gasteiger partial charge in [0.1, 0.15) is 0 Å². The number of hydrogen-bond acceptors (Lipinski definition) is 2. The SMILES string of the molecule is O=C(/C=C/c1ccc(Cl)c(C(F)(F)F)c1)Nc1cccc(NC(=O)C2CC2)c1. The minimum absolute atomic E-state index is 0.0495. The Morgan fingerprint density at radius 3 is 2.36 bits per heavy atom. The van der Waals surface area contributed by atoms with Crippen molar-refractivity contribution in [3.63, 3.8) is 0 Å². The summed E-state index contributed by atoms with van der Waals surface area (Å²) in [5.41, 5.74) is 0.245. The van der Waals surface area contributed by atoms with Crippen molar-refractivity contribution >= 4 is 40.9 Å². The highest BCUT2D eigenvalue weighted by atomic mass is 35.5. The van der Waals surface area contributed by atoms with Crippen molar-refractivity contribution in [2.24, 2.45) is 5.92 Å². The van der Waals surface area contributed by atoms with Gasteiger partial charge in [-0.3, -0.25) is 9.59 Å². The summed E-state index contributed by atoms with van der Waals surface area (Å²) < 4.78 is 38.6. The van der Waals surface area contributed by atoms with Gasteiger partial charge in [-0.05, 0) is 54.8 Å². The van der Waals surface area contributed by atoms with Crippen LogP contribution in [0.4, 0.5) is 24.5 Å². The number of alkyl halides is 3. The lowest BCUT2D eigenvalue weighted by Gasteiger charge is -2.09. The van der Waals surface area contributed by atoms with Gasteiger partial charge in [-0.2, -0.15) is 13.2 Å². The van der Waals surface area contributed by atoms with E-state index in [0.29, 0.717) is 11.4 Å². The number of nitrogens with one attached hydrogen (secondary N) is 2. The third-order valence-corrected chi connectivity index (χ3v) is 4.40. The maximum Gasteiger partial charge on any atom is 0.417 e. The molecule has 8 heteroatoms. The van der Waals surface area contributed by atoms with Crippen molar-refractivity contribution in [3.05, 3.63) is 64.7 Å². The van der Waals surface area contributed by atoms with Crippen molar-refractivity contribution < 1.29 is 22.8 Å². The van der Waals surface area contributed by atoms with Gasteiger partial charge >= 0.3 is 6.18 Å². The maximum absolute atomic E-state index is 12.9. The van der Waals surface area contributed by atoms with Crippen LogP contribution in [0.25, 0.3) is 6.08 Å². The molecule has 0 heterocycles. The van der Waals surface area contributed by atoms with E-state index in [4.69, 9.17) is 11.6 Å². The van der Waals surface area contributed by atoms with Gasteiger partial charge < -0.3 is 10.6 Å². The molecule has 0 aliphatic heterocycles. The Balaban J connectivity index is 1.65. The van der Waals surface area contributed by atoms with Crippen LogP contribution in [0.15, 0.2) is 48.5 Å². The quantitative estimate of drug-likeness (QED) is 0.654. The molecule has 3 rings (SSSR count). The minimum Gasteiger partial charge on any atom is -0.326 e. The highest BCUT2D eigenvalue weighted by molar-refractivity contribution is 6.31. The zero-order valence-electron chi connectivity index (χ0n) is 14.5. The van der Waals surface area contributed by atoms with Crippen LogP contribution in [0.3, 0.4) is 0 Å². The fourth-order valence-corrected chi connectivity index (χ4v) is 2.71. The van der Waals surface area contributed by atoms with Crippen LogP contribution >= 0.6 is 11.6 Å². The van der Waals surface area contributed by atoms with E-state index >= 15 is 0 Å². The summed E-state index contributed by atoms with van der Waals surface area (Å²) in [5, 5.41) is 4.97. The van der Waals surface area contributed by atoms with Gasteiger partial charge in [-0.15, -0.1) is 0 Å². The van der Waals surface area contributed by atoms with Crippen LogP contribution < -0.4 is 10.6 Å². The van der Waals surface area contributed by atoms with Crippen molar-refractivity contribution in [2.45, 2.75) is 19.0 Å². The van der Waals surface area contributed by atoms with Crippen LogP contribution in [0, 0.1) is 5.92 Å². The maximum atomic E-state index is 12.9. The summed E-state index contributed by atoms with van der Waals surface area (Å²) in [7, 11) is 0. The number of carbonyl (C=O) groups is 2. The summed E-state index contributed by atoms with van der Waals surface area (Å²) >= 11 is 5.57. The van der Waals surface area contributed by atoms with Crippen LogP contribution in [0.2, 0.25) is 5.02 Å². The van der Waals surface area contributed by atoms with E-state index in [-0.39, 0.29) is 17.4 Å². The molecule has 0 aromatic heterocycles. The molecular weight excluding hydrogens is 393 g/mol. The fraction of sp³-hybridized carbons (Fsp3) is 0.200. The van der Waals surface area contributed by atoms with E-state index in [9.17, 15) is 22.8 Å². The molecule has 0 spiro atoms. The molecule has 2 N–H and O–H groups in total. The number of benzene rings is 2. The summed E-state index contributed by atoms with van der Waals surface area (Å²) in [6.07, 6.45) is -0.422. The van der Waals surface area contributed by atoms with Gasteiger partial charge in [0, 0.05) is 23.4 Å². The topological polar surface area (TPSA) is 58.2 Å². The molecule has 0 unspecified atom stereocenters. The predicted molar refractivity (Wildman–Crippen MR) is 102 cm³/mol. The van der Waals surface area contributed by atoms with Crippen LogP contribution in [0.5, 0.6) is 0 Å². The first-order chi connectivity index (χ1) is 13.2. The van der Waals surface area contributed by atoms with Gasteiger partial charge in [-0.25, -0.2) is 0 Å². The predicted octanol–water partition coefficient (Wildman–Crippen LogP) is 5.36. The Morgan fingerprint density at radius 2 is 1.71 bits per heavy atom. The molecule has 1 aliphatic carbocycles. The average molecular weight is 409 g/mol. The number of carbonyl (C=O) groups excluding carboxylic acids is 2. The monoisotopic (exact) mass is 408 g/mol. The third-order valence-electron chi connectivity index (χ3n) is 4.07. The second-order valence-electron chi connectivity index (χ2n) is 6.40. The largest absolute Gasteiger partial charge is 0.417 e. The Hall–Kier alpha value is -2.80. The standard InChI is InChI=1S/C20H16ClF3N2O2/c21-17-8-4-12(10-16(17)20(22,23)24)5-9-18(27)25-14-2-1-3-15(11-14)26-19(28)13-6-7-13/h1-5,8-11,13H,6-7H2,(H,25,27)(H,26,28)/b9-5+. The van der Waals surface area contributed by atoms with E-state index in [1.807, 2.05) is 0 Å². The van der Waals surface area contributed by atoms with E-state index in [2.05, 4.69) is 10.6 Å². The zero-order valence-corrected chi connectivity index (χ0v) is 15.3. The second-order valence-corrected chi connectivity index (χ2v) is 6.81. The summed E-state index contributed by atoms with van der Waals surface area (Å²) in [5.74, 6) is -0.511. The first kappa shape index (κ1) is 19.9. The van der Waals surface area contributed by atoms with Crippen molar-refractivity contribution in [3.8, 4) is 0 Å². The molecule has 0 saturated heterocycles. The smallest absolute Gasteiger partial charge is 0.326 e. The molecule has 146 valence electrons. The van der Waals surface area contributed by atoms with E-state index < -0.39 is 22.7 Å². The molecule has 4 nitrogen and oxygen atoms in total. The molecule has 2 amide bonds. The Labute approximate surface area is 164 Å². The lowest BCUT2D eigenvalue weighted by Crippen LogP contribution is -2.14. The molecule has 2 aromatic carbocycles. The van der Waals surface area contributed by atoms with E-state index in [0.717, 1.165) is 31.1 Å². The van der Waals surface area contributed by atoms with Crippen LogP contribution in [-0.2, 0) is 15.8 Å². The molecule has 0 bridgehead atoms. The third kappa shape index (κ3) is 5.36. The zero-order chi connectivity index (χ0) is 20.3. The summed E-state index contributed by atoms with van der Waals surface area (Å²) in [6.45, 7) is 0. The highest BCUT2D eigenvalue weighted by Crippen LogP contribution is 2.35. The first-order valence-electron chi connectivity index (χ1n) is 8.49. The van der Waals surface area contributed by atoms with E-state index in [1.165, 1.54) is 12.1 Å². The van der Waals surface area contributed by atoms with Crippen LogP contribution in [0.1, 0.15) is 24.0 Å². The van der Waals surface area contributed by atoms with Gasteiger partial charge in [0.05, 0.1) is 10.6 Å². The summed E-state index contributed by atoms with van der Waals surface area (Å²) in [4.78, 5) is 23.8. The highest BCUT2D eigenvalue weighted by Gasteiger charge is 2.33. The molecule has 0 atom stereocenters. The van der Waals surface area contributed by atoms with Gasteiger partial charge in [-0.1, -0.05) is 23.7 Å². The van der Waals surface area contributed by atoms with Gasteiger partial charge in [0.2, 0.25) is 11.8 Å². The number of amides is 2. The summed E-state index contributed by atoms with van der Waals surface area (Å²) in [6, 6.07) is 10.0. The number of rotatable bonds is 5. The number of halogens is 4. The molecule has 2 aromatic rings. The number of hydrogen-bond donors (Lipinski definition) is 2. The van der Waals surface area contributed by atoms with E-state index in [1.54, 1.807) is 24.3 Å². The van der Waals surface area contributed by atoms with Crippen molar-refractivity contribution in [1.82, 2.24) is 0 Å².